The summed E-state index contributed by atoms with van der Waals surface area (Å²) in [6.45, 7) is 6.35. The molecule has 0 aliphatic carbocycles. The predicted octanol–water partition coefficient (Wildman–Crippen LogP) is 3.52. The van der Waals surface area contributed by atoms with Crippen LogP contribution < -0.4 is 4.74 Å². The van der Waals surface area contributed by atoms with Crippen molar-refractivity contribution in [1.29, 1.82) is 0 Å². The van der Waals surface area contributed by atoms with E-state index in [2.05, 4.69) is 21.8 Å². The number of nitrogens with one attached hydrogen (secondary N) is 1. The van der Waals surface area contributed by atoms with Gasteiger partial charge in [-0.2, -0.15) is 0 Å². The number of methoxy groups -OCH3 is 1. The third-order valence-electron chi connectivity index (χ3n) is 4.63. The van der Waals surface area contributed by atoms with Crippen molar-refractivity contribution in [2.24, 2.45) is 0 Å². The topological polar surface area (TPSA) is 50.4 Å². The number of likely N-dealkylation sites (tertiary alicyclic amines) is 1. The third-order valence-corrected chi connectivity index (χ3v) is 4.95. The first-order valence-electron chi connectivity index (χ1n) is 8.25. The quantitative estimate of drug-likeness (QED) is 0.866. The normalized spacial score (nSPS) is 21.3. The Morgan fingerprint density at radius 1 is 1.33 bits per heavy atom. The van der Waals surface area contributed by atoms with Crippen molar-refractivity contribution in [1.82, 2.24) is 14.9 Å². The van der Waals surface area contributed by atoms with Crippen LogP contribution in [0, 0.1) is 13.8 Å². The van der Waals surface area contributed by atoms with E-state index in [0.717, 1.165) is 42.5 Å². The Balaban J connectivity index is 1.64. The van der Waals surface area contributed by atoms with Crippen molar-refractivity contribution in [3.63, 3.8) is 0 Å². The van der Waals surface area contributed by atoms with Crippen LogP contribution in [0.3, 0.4) is 0 Å². The van der Waals surface area contributed by atoms with E-state index in [1.165, 1.54) is 0 Å². The molecule has 1 aromatic carbocycles. The molecule has 130 valence electrons. The van der Waals surface area contributed by atoms with E-state index in [4.69, 9.17) is 21.1 Å². The number of benzene rings is 1. The fourth-order valence-corrected chi connectivity index (χ4v) is 3.32. The van der Waals surface area contributed by atoms with Crippen LogP contribution >= 0.6 is 11.6 Å². The minimum Gasteiger partial charge on any atom is -0.491 e. The number of imidazole rings is 1. The van der Waals surface area contributed by atoms with Gasteiger partial charge in [0.2, 0.25) is 0 Å². The van der Waals surface area contributed by atoms with Crippen molar-refractivity contribution >= 4 is 11.6 Å². The second kappa shape index (κ2) is 7.55. The molecule has 2 heterocycles. The van der Waals surface area contributed by atoms with Crippen LogP contribution in [0.25, 0.3) is 0 Å². The predicted molar refractivity (Wildman–Crippen MR) is 94.7 cm³/mol. The fraction of sp³-hybridized carbons (Fsp3) is 0.500. The summed E-state index contributed by atoms with van der Waals surface area (Å²) in [5.74, 6) is 1.74. The number of ether oxygens (including phenoxy) is 2. The largest absolute Gasteiger partial charge is 0.491 e. The highest BCUT2D eigenvalue weighted by atomic mass is 35.5. The average Bonchev–Trinajstić information content (AvgIpc) is 3.13. The van der Waals surface area contributed by atoms with Gasteiger partial charge in [-0.1, -0.05) is 23.7 Å². The Bertz CT molecular complexity index is 669. The summed E-state index contributed by atoms with van der Waals surface area (Å²) >= 11 is 6.14. The zero-order valence-electron chi connectivity index (χ0n) is 14.4. The van der Waals surface area contributed by atoms with E-state index in [1.807, 2.05) is 31.2 Å². The van der Waals surface area contributed by atoms with Crippen molar-refractivity contribution in [3.05, 3.63) is 46.5 Å². The number of hydrogen-bond acceptors (Lipinski definition) is 4. The molecule has 0 spiro atoms. The molecular weight excluding hydrogens is 326 g/mol. The Morgan fingerprint density at radius 2 is 2.12 bits per heavy atom. The zero-order valence-corrected chi connectivity index (χ0v) is 15.1. The smallest absolute Gasteiger partial charge is 0.137 e. The van der Waals surface area contributed by atoms with Gasteiger partial charge in [-0.3, -0.25) is 4.90 Å². The van der Waals surface area contributed by atoms with Gasteiger partial charge in [0.15, 0.2) is 0 Å². The van der Waals surface area contributed by atoms with Crippen molar-refractivity contribution in [2.45, 2.75) is 32.4 Å². The maximum absolute atomic E-state index is 6.14. The molecule has 2 aromatic rings. The number of nitrogens with zero attached hydrogens (tertiary/aromatic N) is 2. The fourth-order valence-electron chi connectivity index (χ4n) is 3.13. The lowest BCUT2D eigenvalue weighted by Gasteiger charge is -2.22. The first kappa shape index (κ1) is 17.3. The molecule has 1 saturated heterocycles. The molecule has 1 aliphatic rings. The highest BCUT2D eigenvalue weighted by Gasteiger charge is 2.35. The molecule has 1 fully saturated rings. The second-order valence-corrected chi connectivity index (χ2v) is 6.62. The summed E-state index contributed by atoms with van der Waals surface area (Å²) in [6.07, 6.45) is 1.16. The molecule has 24 heavy (non-hydrogen) atoms. The van der Waals surface area contributed by atoms with E-state index >= 15 is 0 Å². The van der Waals surface area contributed by atoms with Gasteiger partial charge >= 0.3 is 0 Å². The molecule has 0 radical (unpaired) electrons. The monoisotopic (exact) mass is 349 g/mol. The van der Waals surface area contributed by atoms with Gasteiger partial charge in [0.25, 0.3) is 0 Å². The molecule has 1 aromatic heterocycles. The summed E-state index contributed by atoms with van der Waals surface area (Å²) in [4.78, 5) is 10.4. The molecule has 3 rings (SSSR count). The van der Waals surface area contributed by atoms with Gasteiger partial charge in [0.1, 0.15) is 18.2 Å². The molecular formula is C18H24ClN3O2. The van der Waals surface area contributed by atoms with Gasteiger partial charge in [0.05, 0.1) is 22.9 Å². The van der Waals surface area contributed by atoms with Gasteiger partial charge in [-0.15, -0.1) is 0 Å². The van der Waals surface area contributed by atoms with Crippen molar-refractivity contribution < 1.29 is 9.47 Å². The molecule has 6 heteroatoms. The second-order valence-electron chi connectivity index (χ2n) is 6.22. The lowest BCUT2D eigenvalue weighted by Crippen LogP contribution is -2.30. The standard InChI is InChI=1S/C18H24ClN3O2/c1-12-13(2)21-18(20-12)16-10-14(23-3)11-22(16)8-9-24-17-7-5-4-6-15(17)19/h4-7,14,16H,8-11H2,1-3H3,(H,20,21)/t14-,16+/m1/s1. The molecule has 1 aliphatic heterocycles. The molecule has 0 amide bonds. The third kappa shape index (κ3) is 3.74. The number of rotatable bonds is 6. The van der Waals surface area contributed by atoms with Crippen LogP contribution in [-0.2, 0) is 4.74 Å². The number of hydrogen-bond donors (Lipinski definition) is 1. The Kier molecular flexibility index (Phi) is 5.43. The van der Waals surface area contributed by atoms with Crippen LogP contribution in [0.15, 0.2) is 24.3 Å². The first-order valence-corrected chi connectivity index (χ1v) is 8.63. The Hall–Kier alpha value is -1.56. The first-order chi connectivity index (χ1) is 11.6. The van der Waals surface area contributed by atoms with E-state index in [1.54, 1.807) is 7.11 Å². The van der Waals surface area contributed by atoms with Crippen LogP contribution in [0.1, 0.15) is 29.7 Å². The van der Waals surface area contributed by atoms with Gasteiger partial charge in [-0.05, 0) is 32.4 Å². The maximum atomic E-state index is 6.14. The van der Waals surface area contributed by atoms with E-state index in [-0.39, 0.29) is 12.1 Å². The molecule has 2 atom stereocenters. The van der Waals surface area contributed by atoms with Crippen molar-refractivity contribution in [2.75, 3.05) is 26.8 Å². The lowest BCUT2D eigenvalue weighted by molar-refractivity contribution is 0.105. The van der Waals surface area contributed by atoms with E-state index in [0.29, 0.717) is 11.6 Å². The summed E-state index contributed by atoms with van der Waals surface area (Å²) < 4.78 is 11.4. The van der Waals surface area contributed by atoms with Crippen LogP contribution in [0.4, 0.5) is 0 Å². The zero-order chi connectivity index (χ0) is 17.1. The van der Waals surface area contributed by atoms with Crippen molar-refractivity contribution in [3.8, 4) is 5.75 Å². The number of aryl methyl sites for hydroxylation is 2. The summed E-state index contributed by atoms with van der Waals surface area (Å²) in [5, 5.41) is 0.641. The molecule has 0 saturated carbocycles. The number of aromatic amines is 1. The summed E-state index contributed by atoms with van der Waals surface area (Å²) in [6, 6.07) is 7.79. The van der Waals surface area contributed by atoms with Crippen LogP contribution in [0.2, 0.25) is 5.02 Å². The van der Waals surface area contributed by atoms with Gasteiger partial charge in [0, 0.05) is 25.9 Å². The minimum atomic E-state index is 0.223. The Labute approximate surface area is 147 Å². The number of para-hydroxylation sites is 1. The van der Waals surface area contributed by atoms with Crippen LogP contribution in [-0.4, -0.2) is 47.8 Å². The highest BCUT2D eigenvalue weighted by Crippen LogP contribution is 2.32. The lowest BCUT2D eigenvalue weighted by atomic mass is 10.2. The summed E-state index contributed by atoms with van der Waals surface area (Å²) in [7, 11) is 1.77. The maximum Gasteiger partial charge on any atom is 0.137 e. The summed E-state index contributed by atoms with van der Waals surface area (Å²) in [5.41, 5.74) is 2.18. The molecule has 1 N–H and O–H groups in total. The SMILES string of the molecule is CO[C@@H]1C[C@@H](c2nc(C)c(C)[nH]2)N(CCOc2ccccc2Cl)C1. The molecule has 0 bridgehead atoms. The van der Waals surface area contributed by atoms with Crippen LogP contribution in [0.5, 0.6) is 5.75 Å². The number of H-pyrrole nitrogens is 1. The highest BCUT2D eigenvalue weighted by molar-refractivity contribution is 6.32. The average molecular weight is 350 g/mol. The number of aromatic nitrogens is 2. The van der Waals surface area contributed by atoms with Gasteiger partial charge < -0.3 is 14.5 Å². The van der Waals surface area contributed by atoms with Gasteiger partial charge in [-0.25, -0.2) is 4.98 Å². The van der Waals surface area contributed by atoms with E-state index < -0.39 is 0 Å². The number of halogens is 1. The van der Waals surface area contributed by atoms with E-state index in [9.17, 15) is 0 Å². The Morgan fingerprint density at radius 3 is 2.79 bits per heavy atom. The molecule has 0 unspecified atom stereocenters. The minimum absolute atomic E-state index is 0.223. The molecule has 5 nitrogen and oxygen atoms in total.